The van der Waals surface area contributed by atoms with E-state index < -0.39 is 17.0 Å². The Morgan fingerprint density at radius 2 is 1.70 bits per heavy atom. The van der Waals surface area contributed by atoms with Crippen LogP contribution in [-0.2, 0) is 21.4 Å². The molecule has 0 unspecified atom stereocenters. The largest absolute Gasteiger partial charge is 0.325 e. The van der Waals surface area contributed by atoms with E-state index in [1.165, 1.54) is 12.1 Å². The number of fused-ring (bicyclic) bond motifs is 1. The van der Waals surface area contributed by atoms with E-state index in [0.29, 0.717) is 25.1 Å². The van der Waals surface area contributed by atoms with Gasteiger partial charge in [0.05, 0.1) is 5.41 Å². The summed E-state index contributed by atoms with van der Waals surface area (Å²) in [6, 6.07) is 11.6. The van der Waals surface area contributed by atoms with Gasteiger partial charge in [-0.25, -0.2) is 8.78 Å². The highest BCUT2D eigenvalue weighted by atomic mass is 19.1. The van der Waals surface area contributed by atoms with Crippen molar-refractivity contribution < 1.29 is 18.4 Å². The fourth-order valence-electron chi connectivity index (χ4n) is 4.63. The number of carbonyl (C=O) groups is 2. The van der Waals surface area contributed by atoms with Crippen LogP contribution in [0.1, 0.15) is 49.7 Å². The van der Waals surface area contributed by atoms with Gasteiger partial charge in [-0.3, -0.25) is 9.59 Å². The molecule has 2 saturated carbocycles. The summed E-state index contributed by atoms with van der Waals surface area (Å²) in [5.41, 5.74) is 0.970. The van der Waals surface area contributed by atoms with Gasteiger partial charge in [0.2, 0.25) is 5.91 Å². The van der Waals surface area contributed by atoms with E-state index in [2.05, 4.69) is 5.32 Å². The molecule has 6 heteroatoms. The van der Waals surface area contributed by atoms with Crippen LogP contribution in [0.5, 0.6) is 0 Å². The Bertz CT molecular complexity index is 1010. The summed E-state index contributed by atoms with van der Waals surface area (Å²) in [6.07, 6.45) is 4.66. The standard InChI is InChI=1S/C24H24F2N2O2/c25-18-5-7-19(8-6-18)27-21(29)23(10-2-11-23)17-4-9-20-16(15-17)3-1-14-28(20)22(30)24(26)12-13-24/h4-9,15H,1-3,10-14H2,(H,27,29). The van der Waals surface area contributed by atoms with Crippen molar-refractivity contribution >= 4 is 23.2 Å². The number of aryl methyl sites for hydroxylation is 1. The first kappa shape index (κ1) is 19.2. The van der Waals surface area contributed by atoms with Crippen molar-refractivity contribution in [2.75, 3.05) is 16.8 Å². The fourth-order valence-corrected chi connectivity index (χ4v) is 4.63. The Kier molecular flexibility index (Phi) is 4.42. The molecule has 2 aromatic carbocycles. The Morgan fingerprint density at radius 1 is 0.967 bits per heavy atom. The minimum absolute atomic E-state index is 0.0928. The number of halogens is 2. The van der Waals surface area contributed by atoms with Crippen molar-refractivity contribution in [2.24, 2.45) is 0 Å². The highest BCUT2D eigenvalue weighted by Crippen LogP contribution is 2.47. The molecule has 0 atom stereocenters. The first-order valence-electron chi connectivity index (χ1n) is 10.6. The van der Waals surface area contributed by atoms with Crippen molar-refractivity contribution in [2.45, 2.75) is 56.0 Å². The van der Waals surface area contributed by atoms with Gasteiger partial charge >= 0.3 is 0 Å². The Morgan fingerprint density at radius 3 is 2.33 bits per heavy atom. The molecule has 1 aliphatic heterocycles. The molecule has 156 valence electrons. The summed E-state index contributed by atoms with van der Waals surface area (Å²) in [7, 11) is 0. The van der Waals surface area contributed by atoms with Crippen molar-refractivity contribution in [1.29, 1.82) is 0 Å². The van der Waals surface area contributed by atoms with E-state index in [4.69, 9.17) is 0 Å². The maximum atomic E-state index is 14.4. The number of hydrogen-bond acceptors (Lipinski definition) is 2. The number of rotatable bonds is 4. The van der Waals surface area contributed by atoms with E-state index in [1.807, 2.05) is 18.2 Å². The number of benzene rings is 2. The van der Waals surface area contributed by atoms with Gasteiger partial charge in [0.25, 0.3) is 5.91 Å². The van der Waals surface area contributed by atoms with Crippen LogP contribution in [0.15, 0.2) is 42.5 Å². The highest BCUT2D eigenvalue weighted by molar-refractivity contribution is 6.03. The Labute approximate surface area is 174 Å². The third-order valence-corrected chi connectivity index (χ3v) is 6.81. The van der Waals surface area contributed by atoms with Crippen LogP contribution in [0, 0.1) is 5.82 Å². The van der Waals surface area contributed by atoms with Gasteiger partial charge in [-0.05, 0) is 80.0 Å². The molecule has 0 radical (unpaired) electrons. The monoisotopic (exact) mass is 410 g/mol. The lowest BCUT2D eigenvalue weighted by molar-refractivity contribution is -0.125. The van der Waals surface area contributed by atoms with Gasteiger partial charge < -0.3 is 10.2 Å². The van der Waals surface area contributed by atoms with Gasteiger partial charge in [-0.1, -0.05) is 18.6 Å². The van der Waals surface area contributed by atoms with Gasteiger partial charge in [-0.15, -0.1) is 0 Å². The summed E-state index contributed by atoms with van der Waals surface area (Å²) in [5.74, 6) is -0.866. The molecule has 5 rings (SSSR count). The van der Waals surface area contributed by atoms with E-state index in [0.717, 1.165) is 48.9 Å². The molecule has 0 saturated heterocycles. The molecule has 1 heterocycles. The smallest absolute Gasteiger partial charge is 0.264 e. The minimum atomic E-state index is -1.68. The molecule has 0 bridgehead atoms. The zero-order valence-electron chi connectivity index (χ0n) is 16.7. The number of anilines is 2. The zero-order chi connectivity index (χ0) is 20.9. The number of nitrogens with zero attached hydrogens (tertiary/aromatic N) is 1. The quantitative estimate of drug-likeness (QED) is 0.797. The second-order valence-corrected chi connectivity index (χ2v) is 8.77. The van der Waals surface area contributed by atoms with Crippen molar-refractivity contribution in [3.8, 4) is 0 Å². The van der Waals surface area contributed by atoms with E-state index in [9.17, 15) is 18.4 Å². The molecule has 2 amide bonds. The average molecular weight is 410 g/mol. The van der Waals surface area contributed by atoms with Crippen LogP contribution in [-0.4, -0.2) is 24.0 Å². The summed E-state index contributed by atoms with van der Waals surface area (Å²) in [6.45, 7) is 0.535. The summed E-state index contributed by atoms with van der Waals surface area (Å²) < 4.78 is 27.5. The Balaban J connectivity index is 1.42. The maximum absolute atomic E-state index is 14.4. The van der Waals surface area contributed by atoms with Gasteiger partial charge in [0.1, 0.15) is 5.82 Å². The second kappa shape index (κ2) is 6.89. The first-order chi connectivity index (χ1) is 14.4. The number of alkyl halides is 1. The number of hydrogen-bond donors (Lipinski definition) is 1. The molecule has 2 aliphatic carbocycles. The summed E-state index contributed by atoms with van der Waals surface area (Å²) in [4.78, 5) is 27.3. The van der Waals surface area contributed by atoms with Gasteiger partial charge in [0, 0.05) is 17.9 Å². The topological polar surface area (TPSA) is 49.4 Å². The lowest BCUT2D eigenvalue weighted by atomic mass is 9.63. The maximum Gasteiger partial charge on any atom is 0.264 e. The first-order valence-corrected chi connectivity index (χ1v) is 10.6. The van der Waals surface area contributed by atoms with Crippen LogP contribution < -0.4 is 10.2 Å². The lowest BCUT2D eigenvalue weighted by Gasteiger charge is -2.41. The van der Waals surface area contributed by atoms with Crippen LogP contribution in [0.4, 0.5) is 20.2 Å². The molecule has 1 N–H and O–H groups in total. The van der Waals surface area contributed by atoms with E-state index >= 15 is 0 Å². The third kappa shape index (κ3) is 3.09. The van der Waals surface area contributed by atoms with Crippen LogP contribution in [0.25, 0.3) is 0 Å². The summed E-state index contributed by atoms with van der Waals surface area (Å²) in [5, 5.41) is 2.93. The van der Waals surface area contributed by atoms with Gasteiger partial charge in [-0.2, -0.15) is 0 Å². The highest BCUT2D eigenvalue weighted by Gasteiger charge is 2.53. The number of nitrogens with one attached hydrogen (secondary N) is 1. The lowest BCUT2D eigenvalue weighted by Crippen LogP contribution is -2.46. The van der Waals surface area contributed by atoms with Crippen LogP contribution in [0.2, 0.25) is 0 Å². The molecule has 0 spiro atoms. The van der Waals surface area contributed by atoms with Crippen LogP contribution in [0.3, 0.4) is 0 Å². The number of amides is 2. The van der Waals surface area contributed by atoms with E-state index in [1.54, 1.807) is 17.0 Å². The van der Waals surface area contributed by atoms with E-state index in [-0.39, 0.29) is 11.7 Å². The molecular formula is C24H24F2N2O2. The van der Waals surface area contributed by atoms with Crippen molar-refractivity contribution in [3.05, 3.63) is 59.4 Å². The normalized spacial score (nSPS) is 20.7. The predicted octanol–water partition coefficient (Wildman–Crippen LogP) is 4.67. The molecule has 0 aromatic heterocycles. The zero-order valence-corrected chi connectivity index (χ0v) is 16.7. The fraction of sp³-hybridized carbons (Fsp3) is 0.417. The minimum Gasteiger partial charge on any atom is -0.325 e. The van der Waals surface area contributed by atoms with Gasteiger partial charge in [0.15, 0.2) is 5.67 Å². The Hall–Kier alpha value is -2.76. The average Bonchev–Trinajstić information content (AvgIpc) is 3.46. The van der Waals surface area contributed by atoms with Crippen LogP contribution >= 0.6 is 0 Å². The summed E-state index contributed by atoms with van der Waals surface area (Å²) >= 11 is 0. The number of carbonyl (C=O) groups excluding carboxylic acids is 2. The molecular weight excluding hydrogens is 386 g/mol. The van der Waals surface area contributed by atoms with Crippen molar-refractivity contribution in [1.82, 2.24) is 0 Å². The predicted molar refractivity (Wildman–Crippen MR) is 111 cm³/mol. The molecule has 3 aliphatic rings. The molecule has 4 nitrogen and oxygen atoms in total. The SMILES string of the molecule is O=C(N1CCCc2cc(C3(C(=O)Nc4ccc(F)cc4)CCC3)ccc21)C1(F)CC1. The molecule has 2 fully saturated rings. The molecule has 2 aromatic rings. The third-order valence-electron chi connectivity index (χ3n) is 6.81. The second-order valence-electron chi connectivity index (χ2n) is 8.77. The molecule has 30 heavy (non-hydrogen) atoms. The van der Waals surface area contributed by atoms with Crippen molar-refractivity contribution in [3.63, 3.8) is 0 Å².